The van der Waals surface area contributed by atoms with Crippen molar-refractivity contribution in [2.75, 3.05) is 0 Å². The molecule has 3 rings (SSSR count). The van der Waals surface area contributed by atoms with E-state index in [2.05, 4.69) is 10.3 Å². The van der Waals surface area contributed by atoms with Gasteiger partial charge in [-0.15, -0.1) is 0 Å². The van der Waals surface area contributed by atoms with Crippen LogP contribution >= 0.6 is 0 Å². The summed E-state index contributed by atoms with van der Waals surface area (Å²) < 4.78 is 1.92. The van der Waals surface area contributed by atoms with Crippen LogP contribution in [-0.4, -0.2) is 20.8 Å². The number of oxime groups is 1. The zero-order valence-electron chi connectivity index (χ0n) is 11.4. The predicted octanol–water partition coefficient (Wildman–Crippen LogP) is 2.76. The molecular weight excluding hydrogens is 264 g/mol. The second kappa shape index (κ2) is 5.66. The Morgan fingerprint density at radius 1 is 1.14 bits per heavy atom. The zero-order valence-corrected chi connectivity index (χ0v) is 11.4. The zero-order chi connectivity index (χ0) is 14.7. The van der Waals surface area contributed by atoms with Gasteiger partial charge in [-0.2, -0.15) is 5.10 Å². The molecule has 3 aromatic rings. The van der Waals surface area contributed by atoms with E-state index in [1.54, 1.807) is 0 Å². The first-order valence-electron chi connectivity index (χ1n) is 6.73. The maximum Gasteiger partial charge on any atom is 0.141 e. The van der Waals surface area contributed by atoms with Crippen molar-refractivity contribution in [1.29, 1.82) is 0 Å². The quantitative estimate of drug-likeness (QED) is 0.334. The van der Waals surface area contributed by atoms with E-state index < -0.39 is 0 Å². The minimum absolute atomic E-state index is 0.109. The normalized spacial score (nSPS) is 13.4. The highest BCUT2D eigenvalue weighted by Gasteiger charge is 2.18. The Bertz CT molecular complexity index is 764. The molecular formula is C16H16N4O. The first kappa shape index (κ1) is 13.2. The van der Waals surface area contributed by atoms with Crippen LogP contribution in [0.1, 0.15) is 18.0 Å². The fraction of sp³-hybridized carbons (Fsp3) is 0.125. The number of aromatic nitrogens is 2. The standard InChI is InChI=1S/C16H16N4O/c17-16(19-21)10-15(12-6-2-1-3-7-12)20-14-9-5-4-8-13(14)11-18-20/h1-9,11,15,21H,10H2,(H2,17,19). The lowest BCUT2D eigenvalue weighted by Crippen LogP contribution is -2.21. The number of rotatable bonds is 4. The maximum atomic E-state index is 8.87. The molecule has 1 atom stereocenters. The molecule has 0 spiro atoms. The Balaban J connectivity index is 2.11. The molecule has 0 amide bonds. The molecule has 3 N–H and O–H groups in total. The number of amidine groups is 1. The Kier molecular flexibility index (Phi) is 3.55. The highest BCUT2D eigenvalue weighted by Crippen LogP contribution is 2.26. The van der Waals surface area contributed by atoms with Crippen LogP contribution in [0.2, 0.25) is 0 Å². The van der Waals surface area contributed by atoms with E-state index in [0.29, 0.717) is 6.42 Å². The molecule has 1 unspecified atom stereocenters. The summed E-state index contributed by atoms with van der Waals surface area (Å²) in [6, 6.07) is 17.8. The Hall–Kier alpha value is -2.82. The first-order chi connectivity index (χ1) is 10.3. The molecule has 0 aliphatic rings. The number of para-hydroxylation sites is 1. The van der Waals surface area contributed by atoms with Crippen molar-refractivity contribution in [3.8, 4) is 0 Å². The van der Waals surface area contributed by atoms with Crippen LogP contribution < -0.4 is 5.73 Å². The number of nitrogens with zero attached hydrogens (tertiary/aromatic N) is 3. The molecule has 5 heteroatoms. The van der Waals surface area contributed by atoms with Crippen molar-refractivity contribution in [2.45, 2.75) is 12.5 Å². The molecule has 0 fully saturated rings. The molecule has 2 aromatic carbocycles. The summed E-state index contributed by atoms with van der Waals surface area (Å²) in [5.41, 5.74) is 7.81. The summed E-state index contributed by atoms with van der Waals surface area (Å²) in [5.74, 6) is 0.184. The van der Waals surface area contributed by atoms with E-state index >= 15 is 0 Å². The van der Waals surface area contributed by atoms with Crippen LogP contribution in [-0.2, 0) is 0 Å². The van der Waals surface area contributed by atoms with Crippen LogP contribution in [0.3, 0.4) is 0 Å². The largest absolute Gasteiger partial charge is 0.409 e. The second-order valence-corrected chi connectivity index (χ2v) is 4.87. The van der Waals surface area contributed by atoms with Gasteiger partial charge in [0, 0.05) is 11.8 Å². The molecule has 1 aromatic heterocycles. The summed E-state index contributed by atoms with van der Waals surface area (Å²) in [6.45, 7) is 0. The smallest absolute Gasteiger partial charge is 0.141 e. The van der Waals surface area contributed by atoms with E-state index in [4.69, 9.17) is 10.9 Å². The van der Waals surface area contributed by atoms with Crippen molar-refractivity contribution in [3.05, 3.63) is 66.4 Å². The lowest BCUT2D eigenvalue weighted by atomic mass is 10.0. The number of nitrogens with two attached hydrogens (primary N) is 1. The van der Waals surface area contributed by atoms with Crippen molar-refractivity contribution >= 4 is 16.7 Å². The van der Waals surface area contributed by atoms with Crippen LogP contribution in [0.5, 0.6) is 0 Å². The molecule has 0 saturated carbocycles. The molecule has 0 aliphatic heterocycles. The van der Waals surface area contributed by atoms with E-state index in [9.17, 15) is 0 Å². The van der Waals surface area contributed by atoms with E-state index in [1.165, 1.54) is 0 Å². The summed E-state index contributed by atoms with van der Waals surface area (Å²) in [4.78, 5) is 0. The van der Waals surface area contributed by atoms with Crippen LogP contribution in [0.4, 0.5) is 0 Å². The molecule has 0 saturated heterocycles. The average molecular weight is 280 g/mol. The predicted molar refractivity (Wildman–Crippen MR) is 82.3 cm³/mol. The molecule has 106 valence electrons. The molecule has 1 heterocycles. The number of benzene rings is 2. The molecule has 0 bridgehead atoms. The molecule has 5 nitrogen and oxygen atoms in total. The van der Waals surface area contributed by atoms with Gasteiger partial charge in [0.2, 0.25) is 0 Å². The third-order valence-corrected chi connectivity index (χ3v) is 3.52. The van der Waals surface area contributed by atoms with Crippen molar-refractivity contribution in [2.24, 2.45) is 10.9 Å². The summed E-state index contributed by atoms with van der Waals surface area (Å²) in [5, 5.41) is 17.5. The third-order valence-electron chi connectivity index (χ3n) is 3.52. The minimum Gasteiger partial charge on any atom is -0.409 e. The highest BCUT2D eigenvalue weighted by atomic mass is 16.4. The molecule has 0 radical (unpaired) electrons. The third kappa shape index (κ3) is 2.58. The van der Waals surface area contributed by atoms with E-state index in [-0.39, 0.29) is 11.9 Å². The monoisotopic (exact) mass is 280 g/mol. The van der Waals surface area contributed by atoms with Gasteiger partial charge in [-0.3, -0.25) is 4.68 Å². The Labute approximate surface area is 122 Å². The SMILES string of the molecule is NC(CC(c1ccccc1)n1ncc2ccccc21)=NO. The second-order valence-electron chi connectivity index (χ2n) is 4.87. The number of fused-ring (bicyclic) bond motifs is 1. The molecule has 0 aliphatic carbocycles. The van der Waals surface area contributed by atoms with Gasteiger partial charge in [0.15, 0.2) is 0 Å². The van der Waals surface area contributed by atoms with Crippen LogP contribution in [0, 0.1) is 0 Å². The van der Waals surface area contributed by atoms with Crippen molar-refractivity contribution in [1.82, 2.24) is 9.78 Å². The van der Waals surface area contributed by atoms with E-state index in [0.717, 1.165) is 16.5 Å². The maximum absolute atomic E-state index is 8.87. The summed E-state index contributed by atoms with van der Waals surface area (Å²) in [7, 11) is 0. The van der Waals surface area contributed by atoms with Gasteiger partial charge >= 0.3 is 0 Å². The van der Waals surface area contributed by atoms with Crippen LogP contribution in [0.15, 0.2) is 65.9 Å². The Morgan fingerprint density at radius 3 is 2.62 bits per heavy atom. The molecule has 21 heavy (non-hydrogen) atoms. The van der Waals surface area contributed by atoms with E-state index in [1.807, 2.05) is 65.5 Å². The van der Waals surface area contributed by atoms with Gasteiger partial charge in [0.25, 0.3) is 0 Å². The van der Waals surface area contributed by atoms with Gasteiger partial charge < -0.3 is 10.9 Å². The lowest BCUT2D eigenvalue weighted by molar-refractivity contribution is 0.315. The fourth-order valence-corrected chi connectivity index (χ4v) is 2.50. The van der Waals surface area contributed by atoms with Gasteiger partial charge in [0.05, 0.1) is 17.8 Å². The summed E-state index contributed by atoms with van der Waals surface area (Å²) in [6.07, 6.45) is 2.23. The topological polar surface area (TPSA) is 76.4 Å². The highest BCUT2D eigenvalue weighted by molar-refractivity contribution is 5.82. The van der Waals surface area contributed by atoms with Gasteiger partial charge in [-0.05, 0) is 11.6 Å². The number of hydrogen-bond acceptors (Lipinski definition) is 3. The van der Waals surface area contributed by atoms with Gasteiger partial charge in [0.1, 0.15) is 5.84 Å². The van der Waals surface area contributed by atoms with Gasteiger partial charge in [-0.1, -0.05) is 53.7 Å². The van der Waals surface area contributed by atoms with Crippen molar-refractivity contribution < 1.29 is 5.21 Å². The first-order valence-corrected chi connectivity index (χ1v) is 6.73. The minimum atomic E-state index is -0.109. The fourth-order valence-electron chi connectivity index (χ4n) is 2.50. The van der Waals surface area contributed by atoms with Crippen molar-refractivity contribution in [3.63, 3.8) is 0 Å². The summed E-state index contributed by atoms with van der Waals surface area (Å²) >= 11 is 0. The average Bonchev–Trinajstić information content (AvgIpc) is 2.97. The Morgan fingerprint density at radius 2 is 1.86 bits per heavy atom. The number of hydrogen-bond donors (Lipinski definition) is 2. The van der Waals surface area contributed by atoms with Crippen LogP contribution in [0.25, 0.3) is 10.9 Å². The van der Waals surface area contributed by atoms with Gasteiger partial charge in [-0.25, -0.2) is 0 Å². The lowest BCUT2D eigenvalue weighted by Gasteiger charge is -2.18.